The van der Waals surface area contributed by atoms with E-state index in [4.69, 9.17) is 11.5 Å². The van der Waals surface area contributed by atoms with Crippen LogP contribution in [-0.4, -0.2) is 120 Å². The molecular formula is C44H67N9O5S. The van der Waals surface area contributed by atoms with Crippen molar-refractivity contribution in [2.24, 2.45) is 11.5 Å². The molecule has 2 aliphatic heterocycles. The van der Waals surface area contributed by atoms with Crippen LogP contribution in [0.4, 0.5) is 0 Å². The minimum absolute atomic E-state index is 0.000921. The molecule has 6 atom stereocenters. The van der Waals surface area contributed by atoms with Crippen molar-refractivity contribution in [1.29, 1.82) is 0 Å². The molecule has 1 unspecified atom stereocenters. The molecule has 4 rings (SSSR count). The summed E-state index contributed by atoms with van der Waals surface area (Å²) in [5, 5.41) is 13.1. The van der Waals surface area contributed by atoms with Crippen molar-refractivity contribution in [2.75, 3.05) is 52.1 Å². The first kappa shape index (κ1) is 47.1. The molecule has 0 bridgehead atoms. The van der Waals surface area contributed by atoms with E-state index in [2.05, 4.69) is 27.8 Å². The van der Waals surface area contributed by atoms with Crippen LogP contribution in [0.5, 0.6) is 0 Å². The summed E-state index contributed by atoms with van der Waals surface area (Å²) in [5.74, 6) is 0.127. The van der Waals surface area contributed by atoms with Crippen molar-refractivity contribution in [3.63, 3.8) is 0 Å². The Kier molecular flexibility index (Phi) is 19.5. The number of nitrogens with zero attached hydrogens (tertiary/aromatic N) is 3. The number of hydrogen-bond donors (Lipinski definition) is 6. The second-order valence-electron chi connectivity index (χ2n) is 15.8. The highest BCUT2D eigenvalue weighted by atomic mass is 32.2. The predicted octanol–water partition coefficient (Wildman–Crippen LogP) is 3.17. The van der Waals surface area contributed by atoms with Crippen molar-refractivity contribution in [3.05, 3.63) is 84.2 Å². The lowest BCUT2D eigenvalue weighted by molar-refractivity contribution is -0.145. The van der Waals surface area contributed by atoms with Gasteiger partial charge in [0.05, 0.1) is 36.5 Å². The molecule has 0 aromatic heterocycles. The maximum atomic E-state index is 14.3. The highest BCUT2D eigenvalue weighted by Gasteiger charge is 2.40. The summed E-state index contributed by atoms with van der Waals surface area (Å²) in [7, 11) is 1.87. The Morgan fingerprint density at radius 2 is 1.44 bits per heavy atom. The molecule has 2 heterocycles. The molecule has 5 amide bonds. The number of benzene rings is 2. The molecule has 324 valence electrons. The van der Waals surface area contributed by atoms with Gasteiger partial charge < -0.3 is 42.5 Å². The van der Waals surface area contributed by atoms with Gasteiger partial charge in [-0.2, -0.15) is 11.8 Å². The molecular weight excluding hydrogens is 767 g/mol. The van der Waals surface area contributed by atoms with Gasteiger partial charge in [0.15, 0.2) is 0 Å². The number of nitrogens with two attached hydrogens (primary N) is 2. The zero-order chi connectivity index (χ0) is 42.7. The summed E-state index contributed by atoms with van der Waals surface area (Å²) in [6, 6.07) is 17.8. The van der Waals surface area contributed by atoms with Crippen LogP contribution in [0.1, 0.15) is 94.8 Å². The van der Waals surface area contributed by atoms with Gasteiger partial charge in [0.1, 0.15) is 19.1 Å². The molecule has 2 aromatic rings. The number of nitrogens with one attached hydrogen (secondary N) is 4. The molecule has 0 radical (unpaired) electrons. The number of hydrogen-bond acceptors (Lipinski definition) is 10. The largest absolute Gasteiger partial charge is 0.368 e. The highest BCUT2D eigenvalue weighted by molar-refractivity contribution is 8.00. The number of thioether (sulfide) groups is 1. The molecule has 2 fully saturated rings. The zero-order valence-electron chi connectivity index (χ0n) is 35.2. The predicted molar refractivity (Wildman–Crippen MR) is 235 cm³/mol. The van der Waals surface area contributed by atoms with Gasteiger partial charge in [-0.15, -0.1) is 0 Å². The van der Waals surface area contributed by atoms with E-state index < -0.39 is 35.8 Å². The van der Waals surface area contributed by atoms with Crippen LogP contribution in [0.15, 0.2) is 73.1 Å². The summed E-state index contributed by atoms with van der Waals surface area (Å²) in [6.07, 6.45) is 6.44. The van der Waals surface area contributed by atoms with Crippen molar-refractivity contribution < 1.29 is 24.0 Å². The molecule has 2 saturated heterocycles. The van der Waals surface area contributed by atoms with E-state index in [9.17, 15) is 24.0 Å². The zero-order valence-corrected chi connectivity index (χ0v) is 36.0. The van der Waals surface area contributed by atoms with E-state index in [1.807, 2.05) is 98.2 Å². The molecule has 8 N–H and O–H groups in total. The standard InChI is InChI=1S/C44H67N9O5S/c1-31(34-17-7-5-8-18-34)52(42(57)29-53(32(2)35-19-9-6-10-20-35)41(56)28-51(4)26-16-14-24-45)27-40(55)50-36(44(46)58)21-13-15-25-47-39(54)23-12-11-22-38-43-37(30-59-38)48-33(3)49-43/h5-10,17-20,31-32,36-38,43,48-49H,3,11-16,21-30,45H2,1-2,4H3,(H2,46,58)(H,47,54)(H,50,55)/t31-,32-,36-,37-,38?,43-/m0/s1. The molecule has 0 saturated carbocycles. The minimum Gasteiger partial charge on any atom is -0.368 e. The van der Waals surface area contributed by atoms with Crippen molar-refractivity contribution in [1.82, 2.24) is 36.0 Å². The van der Waals surface area contributed by atoms with Gasteiger partial charge in [0.25, 0.3) is 0 Å². The summed E-state index contributed by atoms with van der Waals surface area (Å²) in [4.78, 5) is 71.8. The fourth-order valence-electron chi connectivity index (χ4n) is 7.72. The lowest BCUT2D eigenvalue weighted by Crippen LogP contribution is -2.52. The molecule has 2 aromatic carbocycles. The maximum absolute atomic E-state index is 14.3. The Hall–Kier alpha value is -4.60. The molecule has 0 aliphatic carbocycles. The highest BCUT2D eigenvalue weighted by Crippen LogP contribution is 2.34. The number of likely N-dealkylation sites (N-methyl/N-ethyl adjacent to an activating group) is 1. The second kappa shape index (κ2) is 24.5. The minimum atomic E-state index is -0.956. The van der Waals surface area contributed by atoms with E-state index in [1.165, 1.54) is 4.90 Å². The first-order valence-corrected chi connectivity index (χ1v) is 22.2. The Labute approximate surface area is 355 Å². The number of carbonyl (C=O) groups is 5. The third-order valence-electron chi connectivity index (χ3n) is 11.2. The molecule has 14 nitrogen and oxygen atoms in total. The van der Waals surface area contributed by atoms with Gasteiger partial charge in [0, 0.05) is 24.0 Å². The fourth-order valence-corrected chi connectivity index (χ4v) is 9.26. The number of primary amides is 1. The first-order valence-electron chi connectivity index (χ1n) is 21.1. The van der Waals surface area contributed by atoms with E-state index >= 15 is 0 Å². The third-order valence-corrected chi connectivity index (χ3v) is 12.8. The summed E-state index contributed by atoms with van der Waals surface area (Å²) < 4.78 is 0. The summed E-state index contributed by atoms with van der Waals surface area (Å²) in [5.41, 5.74) is 13.1. The second-order valence-corrected chi connectivity index (χ2v) is 17.1. The Bertz CT molecular complexity index is 1670. The van der Waals surface area contributed by atoms with E-state index in [1.54, 1.807) is 4.90 Å². The monoisotopic (exact) mass is 833 g/mol. The van der Waals surface area contributed by atoms with Gasteiger partial charge in [-0.25, -0.2) is 0 Å². The molecule has 15 heteroatoms. The lowest BCUT2D eigenvalue weighted by Gasteiger charge is -2.35. The van der Waals surface area contributed by atoms with Gasteiger partial charge in [0.2, 0.25) is 29.5 Å². The summed E-state index contributed by atoms with van der Waals surface area (Å²) in [6.45, 7) is 8.93. The van der Waals surface area contributed by atoms with Crippen LogP contribution in [0.2, 0.25) is 0 Å². The van der Waals surface area contributed by atoms with Crippen LogP contribution in [-0.2, 0) is 24.0 Å². The fraction of sp³-hybridized carbons (Fsp3) is 0.568. The van der Waals surface area contributed by atoms with Gasteiger partial charge >= 0.3 is 0 Å². The van der Waals surface area contributed by atoms with Gasteiger partial charge in [-0.3, -0.25) is 28.9 Å². The number of rotatable bonds is 26. The van der Waals surface area contributed by atoms with E-state index in [-0.39, 0.29) is 37.9 Å². The quantitative estimate of drug-likeness (QED) is 0.0767. The van der Waals surface area contributed by atoms with E-state index in [0.29, 0.717) is 56.2 Å². The molecule has 0 spiro atoms. The summed E-state index contributed by atoms with van der Waals surface area (Å²) >= 11 is 1.97. The molecule has 59 heavy (non-hydrogen) atoms. The van der Waals surface area contributed by atoms with Crippen LogP contribution < -0.4 is 32.7 Å². The van der Waals surface area contributed by atoms with Crippen LogP contribution in [0, 0.1) is 0 Å². The third kappa shape index (κ3) is 15.2. The Balaban J connectivity index is 1.30. The average molecular weight is 834 g/mol. The Morgan fingerprint density at radius 3 is 2.07 bits per heavy atom. The van der Waals surface area contributed by atoms with Crippen LogP contribution in [0.3, 0.4) is 0 Å². The maximum Gasteiger partial charge on any atom is 0.243 e. The smallest absolute Gasteiger partial charge is 0.243 e. The van der Waals surface area contributed by atoms with Crippen molar-refractivity contribution in [2.45, 2.75) is 107 Å². The number of unbranched alkanes of at least 4 members (excludes halogenated alkanes) is 3. The number of carbonyl (C=O) groups excluding carboxylic acids is 5. The van der Waals surface area contributed by atoms with Crippen LogP contribution >= 0.6 is 11.8 Å². The number of fused-ring (bicyclic) bond motifs is 1. The van der Waals surface area contributed by atoms with Crippen LogP contribution in [0.25, 0.3) is 0 Å². The van der Waals surface area contributed by atoms with Crippen molar-refractivity contribution >= 4 is 41.3 Å². The van der Waals surface area contributed by atoms with Gasteiger partial charge in [-0.05, 0) is 90.1 Å². The number of amides is 5. The average Bonchev–Trinajstić information content (AvgIpc) is 3.78. The first-order chi connectivity index (χ1) is 28.4. The SMILES string of the molecule is C=C1N[C@H]2CSC(CCCCC(=O)NCCCC[C@H](NC(=O)CN(C(=O)CN(C(=O)CN(C)CCCCN)[C@@H](C)c3ccccc3)[C@@H](C)c3ccccc3)C(N)=O)[C@H]2N1. The van der Waals surface area contributed by atoms with E-state index in [0.717, 1.165) is 54.8 Å². The normalized spacial score (nSPS) is 18.5. The Morgan fingerprint density at radius 1 is 0.814 bits per heavy atom. The van der Waals surface area contributed by atoms with Gasteiger partial charge in [-0.1, -0.05) is 73.7 Å². The molecule has 2 aliphatic rings. The lowest BCUT2D eigenvalue weighted by atomic mass is 10.0. The van der Waals surface area contributed by atoms with Crippen molar-refractivity contribution in [3.8, 4) is 0 Å². The topological polar surface area (TPSA) is 195 Å².